The SMILES string of the molecule is OC(CNc1ccc2c(c1)COC2)c1ccco1. The maximum absolute atomic E-state index is 9.88. The van der Waals surface area contributed by atoms with Gasteiger partial charge in [0.1, 0.15) is 11.9 Å². The zero-order chi connectivity index (χ0) is 12.4. The van der Waals surface area contributed by atoms with Crippen molar-refractivity contribution in [1.29, 1.82) is 0 Å². The predicted molar refractivity (Wildman–Crippen MR) is 67.1 cm³/mol. The lowest BCUT2D eigenvalue weighted by Crippen LogP contribution is -2.11. The van der Waals surface area contributed by atoms with Gasteiger partial charge in [-0.2, -0.15) is 0 Å². The normalized spacial score (nSPS) is 15.4. The average molecular weight is 245 g/mol. The summed E-state index contributed by atoms with van der Waals surface area (Å²) in [5.74, 6) is 0.576. The van der Waals surface area contributed by atoms with E-state index < -0.39 is 6.10 Å². The van der Waals surface area contributed by atoms with Crippen molar-refractivity contribution in [3.63, 3.8) is 0 Å². The molecule has 2 heterocycles. The summed E-state index contributed by atoms with van der Waals surface area (Å²) in [4.78, 5) is 0. The van der Waals surface area contributed by atoms with Gasteiger partial charge in [0.2, 0.25) is 0 Å². The highest BCUT2D eigenvalue weighted by Gasteiger charge is 2.13. The van der Waals surface area contributed by atoms with Gasteiger partial charge in [0, 0.05) is 12.2 Å². The summed E-state index contributed by atoms with van der Waals surface area (Å²) in [7, 11) is 0. The van der Waals surface area contributed by atoms with Crippen LogP contribution in [0.3, 0.4) is 0 Å². The first-order chi connectivity index (χ1) is 8.83. The van der Waals surface area contributed by atoms with Crippen molar-refractivity contribution in [2.45, 2.75) is 19.3 Å². The molecule has 0 saturated heterocycles. The maximum Gasteiger partial charge on any atom is 0.134 e. The first kappa shape index (κ1) is 11.3. The molecule has 1 unspecified atom stereocenters. The van der Waals surface area contributed by atoms with Crippen LogP contribution in [0.5, 0.6) is 0 Å². The molecule has 3 rings (SSSR count). The fourth-order valence-electron chi connectivity index (χ4n) is 2.08. The van der Waals surface area contributed by atoms with Crippen LogP contribution in [-0.2, 0) is 18.0 Å². The summed E-state index contributed by atoms with van der Waals surface area (Å²) in [6.07, 6.45) is 0.926. The summed E-state index contributed by atoms with van der Waals surface area (Å²) in [6.45, 7) is 1.80. The lowest BCUT2D eigenvalue weighted by atomic mass is 10.1. The summed E-state index contributed by atoms with van der Waals surface area (Å²) in [5.41, 5.74) is 3.45. The molecule has 4 nitrogen and oxygen atoms in total. The summed E-state index contributed by atoms with van der Waals surface area (Å²) >= 11 is 0. The molecule has 0 bridgehead atoms. The van der Waals surface area contributed by atoms with Crippen LogP contribution in [0.1, 0.15) is 23.0 Å². The van der Waals surface area contributed by atoms with Crippen molar-refractivity contribution in [2.75, 3.05) is 11.9 Å². The highest BCUT2D eigenvalue weighted by Crippen LogP contribution is 2.23. The highest BCUT2D eigenvalue weighted by molar-refractivity contribution is 5.49. The molecule has 1 aliphatic heterocycles. The van der Waals surface area contributed by atoms with E-state index in [1.54, 1.807) is 18.4 Å². The van der Waals surface area contributed by atoms with Gasteiger partial charge in [-0.1, -0.05) is 6.07 Å². The second-order valence-corrected chi connectivity index (χ2v) is 4.39. The Bertz CT molecular complexity index is 522. The monoisotopic (exact) mass is 245 g/mol. The molecule has 18 heavy (non-hydrogen) atoms. The number of rotatable bonds is 4. The van der Waals surface area contributed by atoms with Gasteiger partial charge in [-0.3, -0.25) is 0 Å². The van der Waals surface area contributed by atoms with Crippen LogP contribution in [0.4, 0.5) is 5.69 Å². The molecule has 0 radical (unpaired) electrons. The number of ether oxygens (including phenoxy) is 1. The molecule has 0 amide bonds. The van der Waals surface area contributed by atoms with Gasteiger partial charge in [0.05, 0.1) is 19.5 Å². The smallest absolute Gasteiger partial charge is 0.134 e. The van der Waals surface area contributed by atoms with E-state index in [1.807, 2.05) is 6.07 Å². The van der Waals surface area contributed by atoms with Gasteiger partial charge in [-0.15, -0.1) is 0 Å². The van der Waals surface area contributed by atoms with E-state index in [0.717, 1.165) is 5.69 Å². The summed E-state index contributed by atoms with van der Waals surface area (Å²) < 4.78 is 10.5. The van der Waals surface area contributed by atoms with Crippen molar-refractivity contribution in [3.8, 4) is 0 Å². The molecule has 0 spiro atoms. The fourth-order valence-corrected chi connectivity index (χ4v) is 2.08. The number of fused-ring (bicyclic) bond motifs is 1. The van der Waals surface area contributed by atoms with Crippen molar-refractivity contribution in [3.05, 3.63) is 53.5 Å². The van der Waals surface area contributed by atoms with E-state index in [1.165, 1.54) is 11.1 Å². The minimum Gasteiger partial charge on any atom is -0.467 e. The van der Waals surface area contributed by atoms with Gasteiger partial charge in [-0.25, -0.2) is 0 Å². The Morgan fingerprint density at radius 2 is 2.11 bits per heavy atom. The number of aliphatic hydroxyl groups excluding tert-OH is 1. The molecule has 0 fully saturated rings. The highest BCUT2D eigenvalue weighted by atomic mass is 16.5. The van der Waals surface area contributed by atoms with Crippen molar-refractivity contribution in [2.24, 2.45) is 0 Å². The second-order valence-electron chi connectivity index (χ2n) is 4.39. The third-order valence-electron chi connectivity index (χ3n) is 3.09. The molecule has 0 aliphatic carbocycles. The van der Waals surface area contributed by atoms with E-state index in [-0.39, 0.29) is 0 Å². The standard InChI is InChI=1S/C14H15NO3/c16-13(14-2-1-5-18-14)7-15-12-4-3-10-8-17-9-11(10)6-12/h1-6,13,15-16H,7-9H2. The first-order valence-electron chi connectivity index (χ1n) is 5.98. The van der Waals surface area contributed by atoms with E-state index in [2.05, 4.69) is 17.4 Å². The molecular weight excluding hydrogens is 230 g/mol. The minimum absolute atomic E-state index is 0.424. The van der Waals surface area contributed by atoms with Crippen molar-refractivity contribution < 1.29 is 14.3 Å². The van der Waals surface area contributed by atoms with Gasteiger partial charge in [-0.05, 0) is 35.4 Å². The molecule has 2 N–H and O–H groups in total. The molecule has 1 aromatic heterocycles. The lowest BCUT2D eigenvalue weighted by molar-refractivity contribution is 0.134. The Morgan fingerprint density at radius 1 is 1.22 bits per heavy atom. The number of aliphatic hydroxyl groups is 1. The summed E-state index contributed by atoms with van der Waals surface area (Å²) in [5, 5.41) is 13.1. The van der Waals surface area contributed by atoms with Crippen LogP contribution in [0.15, 0.2) is 41.0 Å². The Balaban J connectivity index is 1.63. The zero-order valence-corrected chi connectivity index (χ0v) is 9.93. The Hall–Kier alpha value is -1.78. The van der Waals surface area contributed by atoms with Crippen LogP contribution in [0.2, 0.25) is 0 Å². The Morgan fingerprint density at radius 3 is 2.94 bits per heavy atom. The van der Waals surface area contributed by atoms with Gasteiger partial charge in [0.25, 0.3) is 0 Å². The second kappa shape index (κ2) is 4.84. The third kappa shape index (κ3) is 2.25. The van der Waals surface area contributed by atoms with E-state index in [0.29, 0.717) is 25.5 Å². The largest absolute Gasteiger partial charge is 0.467 e. The Labute approximate surface area is 105 Å². The minimum atomic E-state index is -0.635. The van der Waals surface area contributed by atoms with E-state index >= 15 is 0 Å². The number of furan rings is 1. The predicted octanol–water partition coefficient (Wildman–Crippen LogP) is 2.46. The topological polar surface area (TPSA) is 54.6 Å². The lowest BCUT2D eigenvalue weighted by Gasteiger charge is -2.11. The molecule has 1 atom stereocenters. The molecule has 0 saturated carbocycles. The average Bonchev–Trinajstić information content (AvgIpc) is 3.05. The number of anilines is 1. The molecule has 4 heteroatoms. The quantitative estimate of drug-likeness (QED) is 0.868. The van der Waals surface area contributed by atoms with E-state index in [9.17, 15) is 5.11 Å². The number of hydrogen-bond donors (Lipinski definition) is 2. The van der Waals surface area contributed by atoms with Gasteiger partial charge < -0.3 is 19.6 Å². The number of benzene rings is 1. The number of nitrogens with one attached hydrogen (secondary N) is 1. The zero-order valence-electron chi connectivity index (χ0n) is 9.93. The molecule has 2 aromatic rings. The molecular formula is C14H15NO3. The van der Waals surface area contributed by atoms with Crippen LogP contribution in [-0.4, -0.2) is 11.7 Å². The number of hydrogen-bond acceptors (Lipinski definition) is 4. The van der Waals surface area contributed by atoms with Crippen LogP contribution in [0.25, 0.3) is 0 Å². The van der Waals surface area contributed by atoms with Crippen molar-refractivity contribution >= 4 is 5.69 Å². The van der Waals surface area contributed by atoms with Crippen LogP contribution < -0.4 is 5.32 Å². The molecule has 94 valence electrons. The van der Waals surface area contributed by atoms with Crippen LogP contribution >= 0.6 is 0 Å². The van der Waals surface area contributed by atoms with Crippen molar-refractivity contribution in [1.82, 2.24) is 0 Å². The first-order valence-corrected chi connectivity index (χ1v) is 5.98. The summed E-state index contributed by atoms with van der Waals surface area (Å²) in [6, 6.07) is 9.66. The third-order valence-corrected chi connectivity index (χ3v) is 3.09. The molecule has 1 aliphatic rings. The Kier molecular flexibility index (Phi) is 3.04. The maximum atomic E-state index is 9.88. The van der Waals surface area contributed by atoms with E-state index in [4.69, 9.17) is 9.15 Å². The van der Waals surface area contributed by atoms with Crippen LogP contribution in [0, 0.1) is 0 Å². The fraction of sp³-hybridized carbons (Fsp3) is 0.286. The van der Waals surface area contributed by atoms with Gasteiger partial charge in [0.15, 0.2) is 0 Å². The van der Waals surface area contributed by atoms with Gasteiger partial charge >= 0.3 is 0 Å². The molecule has 1 aromatic carbocycles.